The number of hydrazone groups is 1. The van der Waals surface area contributed by atoms with E-state index in [4.69, 9.17) is 0 Å². The Balaban J connectivity index is 1.76. The molecule has 3 rings (SSSR count). The summed E-state index contributed by atoms with van der Waals surface area (Å²) in [5, 5.41) is 3.87. The van der Waals surface area contributed by atoms with E-state index in [0.717, 1.165) is 17.1 Å². The number of aromatic amines is 1. The van der Waals surface area contributed by atoms with E-state index in [1.165, 1.54) is 18.3 Å². The highest BCUT2D eigenvalue weighted by Gasteiger charge is 2.02. The van der Waals surface area contributed by atoms with Gasteiger partial charge in [0.15, 0.2) is 0 Å². The van der Waals surface area contributed by atoms with Gasteiger partial charge in [-0.25, -0.2) is 19.2 Å². The molecule has 0 radical (unpaired) electrons. The van der Waals surface area contributed by atoms with E-state index in [2.05, 4.69) is 20.5 Å². The number of nitrogens with one attached hydrogen (secondary N) is 2. The van der Waals surface area contributed by atoms with Crippen molar-refractivity contribution in [1.82, 2.24) is 9.97 Å². The molecule has 0 aliphatic rings. The maximum atomic E-state index is 13.4. The quantitative estimate of drug-likeness (QED) is 0.568. The number of H-pyrrole nitrogens is 1. The third-order valence-corrected chi connectivity index (χ3v) is 2.73. The topological polar surface area (TPSA) is 53.1 Å². The zero-order chi connectivity index (χ0) is 13.9. The van der Waals surface area contributed by atoms with Crippen molar-refractivity contribution in [1.29, 1.82) is 0 Å². The average molecular weight is 272 g/mol. The van der Waals surface area contributed by atoms with Crippen LogP contribution in [0.2, 0.25) is 0 Å². The van der Waals surface area contributed by atoms with E-state index < -0.39 is 11.6 Å². The van der Waals surface area contributed by atoms with Gasteiger partial charge in [-0.15, -0.1) is 0 Å². The Bertz CT molecular complexity index is 747. The predicted octanol–water partition coefficient (Wildman–Crippen LogP) is 3.29. The van der Waals surface area contributed by atoms with E-state index in [1.807, 2.05) is 24.3 Å². The van der Waals surface area contributed by atoms with Crippen molar-refractivity contribution in [2.75, 3.05) is 5.43 Å². The molecule has 0 amide bonds. The monoisotopic (exact) mass is 272 g/mol. The number of para-hydroxylation sites is 2. The van der Waals surface area contributed by atoms with Crippen LogP contribution in [-0.4, -0.2) is 16.2 Å². The summed E-state index contributed by atoms with van der Waals surface area (Å²) >= 11 is 0. The molecule has 6 heteroatoms. The van der Waals surface area contributed by atoms with Crippen LogP contribution in [0.5, 0.6) is 0 Å². The van der Waals surface area contributed by atoms with E-state index in [9.17, 15) is 8.78 Å². The molecule has 0 unspecified atom stereocenters. The number of hydrogen-bond donors (Lipinski definition) is 2. The number of hydrogen-bond acceptors (Lipinski definition) is 3. The zero-order valence-electron chi connectivity index (χ0n) is 10.3. The van der Waals surface area contributed by atoms with Crippen molar-refractivity contribution in [2.24, 2.45) is 5.10 Å². The van der Waals surface area contributed by atoms with Gasteiger partial charge in [-0.2, -0.15) is 5.10 Å². The van der Waals surface area contributed by atoms with Crippen LogP contribution in [0.25, 0.3) is 11.0 Å². The Kier molecular flexibility index (Phi) is 3.12. The number of rotatable bonds is 3. The lowest BCUT2D eigenvalue weighted by Crippen LogP contribution is -1.95. The standard InChI is InChI=1S/C14H10F2N4/c15-10-6-5-9(11(16)7-10)8-17-20-14-18-12-3-1-2-4-13(12)19-14/h1-8H,(H2,18,19,20)/b17-8-. The van der Waals surface area contributed by atoms with Crippen molar-refractivity contribution in [2.45, 2.75) is 0 Å². The third kappa shape index (κ3) is 2.49. The molecule has 0 saturated carbocycles. The van der Waals surface area contributed by atoms with Crippen LogP contribution in [0.4, 0.5) is 14.7 Å². The van der Waals surface area contributed by atoms with Crippen LogP contribution in [0, 0.1) is 11.6 Å². The molecule has 0 fully saturated rings. The maximum absolute atomic E-state index is 13.4. The van der Waals surface area contributed by atoms with Crippen LogP contribution in [0.1, 0.15) is 5.56 Å². The van der Waals surface area contributed by atoms with Crippen LogP contribution >= 0.6 is 0 Å². The van der Waals surface area contributed by atoms with Crippen molar-refractivity contribution in [3.8, 4) is 0 Å². The van der Waals surface area contributed by atoms with Gasteiger partial charge in [-0.1, -0.05) is 12.1 Å². The molecule has 2 N–H and O–H groups in total. The third-order valence-electron chi connectivity index (χ3n) is 2.73. The molecule has 0 aliphatic carbocycles. The highest BCUT2D eigenvalue weighted by Crippen LogP contribution is 2.13. The molecule has 3 aromatic rings. The molecule has 1 aromatic heterocycles. The van der Waals surface area contributed by atoms with Gasteiger partial charge >= 0.3 is 0 Å². The van der Waals surface area contributed by atoms with E-state index >= 15 is 0 Å². The van der Waals surface area contributed by atoms with Crippen molar-refractivity contribution in [3.63, 3.8) is 0 Å². The number of halogens is 2. The highest BCUT2D eigenvalue weighted by atomic mass is 19.1. The van der Waals surface area contributed by atoms with Gasteiger partial charge in [-0.05, 0) is 24.3 Å². The molecular formula is C14H10F2N4. The minimum atomic E-state index is -0.667. The summed E-state index contributed by atoms with van der Waals surface area (Å²) in [6, 6.07) is 10.8. The van der Waals surface area contributed by atoms with Gasteiger partial charge in [0, 0.05) is 11.6 Å². The molecule has 0 spiro atoms. The highest BCUT2D eigenvalue weighted by molar-refractivity contribution is 5.81. The van der Waals surface area contributed by atoms with Crippen molar-refractivity contribution in [3.05, 3.63) is 59.7 Å². The summed E-state index contributed by atoms with van der Waals surface area (Å²) in [5.74, 6) is -0.838. The second kappa shape index (κ2) is 5.08. The first-order valence-corrected chi connectivity index (χ1v) is 5.91. The maximum Gasteiger partial charge on any atom is 0.222 e. The first-order valence-electron chi connectivity index (χ1n) is 5.91. The Hall–Kier alpha value is -2.76. The number of benzene rings is 2. The number of nitrogens with zero attached hydrogens (tertiary/aromatic N) is 2. The van der Waals surface area contributed by atoms with Crippen LogP contribution < -0.4 is 5.43 Å². The fourth-order valence-corrected chi connectivity index (χ4v) is 1.77. The lowest BCUT2D eigenvalue weighted by molar-refractivity contribution is 0.582. The molecule has 20 heavy (non-hydrogen) atoms. The van der Waals surface area contributed by atoms with Gasteiger partial charge in [-0.3, -0.25) is 0 Å². The summed E-state index contributed by atoms with van der Waals surface area (Å²) in [6.45, 7) is 0. The van der Waals surface area contributed by atoms with Crippen LogP contribution in [0.3, 0.4) is 0 Å². The Labute approximate surface area is 113 Å². The first kappa shape index (κ1) is 12.3. The largest absolute Gasteiger partial charge is 0.323 e. The summed E-state index contributed by atoms with van der Waals surface area (Å²) in [4.78, 5) is 7.26. The molecule has 100 valence electrons. The summed E-state index contributed by atoms with van der Waals surface area (Å²) in [5.41, 5.74) is 4.53. The number of aromatic nitrogens is 2. The van der Waals surface area contributed by atoms with Gasteiger partial charge < -0.3 is 4.98 Å². The molecular weight excluding hydrogens is 262 g/mol. The number of fused-ring (bicyclic) bond motifs is 1. The molecule has 0 atom stereocenters. The second-order valence-electron chi connectivity index (χ2n) is 4.14. The van der Waals surface area contributed by atoms with Crippen LogP contribution in [0.15, 0.2) is 47.6 Å². The summed E-state index contributed by atoms with van der Waals surface area (Å²) in [6.07, 6.45) is 1.27. The average Bonchev–Trinajstić information content (AvgIpc) is 2.84. The molecule has 2 aromatic carbocycles. The Morgan fingerprint density at radius 1 is 1.15 bits per heavy atom. The molecule has 4 nitrogen and oxygen atoms in total. The normalized spacial score (nSPS) is 11.3. The summed E-state index contributed by atoms with van der Waals surface area (Å²) in [7, 11) is 0. The molecule has 0 bridgehead atoms. The fraction of sp³-hybridized carbons (Fsp3) is 0. The first-order chi connectivity index (χ1) is 9.72. The van der Waals surface area contributed by atoms with E-state index in [-0.39, 0.29) is 5.56 Å². The lowest BCUT2D eigenvalue weighted by Gasteiger charge is -1.96. The van der Waals surface area contributed by atoms with E-state index in [1.54, 1.807) is 0 Å². The van der Waals surface area contributed by atoms with Gasteiger partial charge in [0.05, 0.1) is 17.2 Å². The Morgan fingerprint density at radius 3 is 2.80 bits per heavy atom. The molecule has 0 saturated heterocycles. The van der Waals surface area contributed by atoms with E-state index in [0.29, 0.717) is 5.95 Å². The number of anilines is 1. The minimum absolute atomic E-state index is 0.190. The zero-order valence-corrected chi connectivity index (χ0v) is 10.3. The second-order valence-corrected chi connectivity index (χ2v) is 4.14. The van der Waals surface area contributed by atoms with Crippen molar-refractivity contribution >= 4 is 23.2 Å². The van der Waals surface area contributed by atoms with Gasteiger partial charge in [0.25, 0.3) is 0 Å². The number of imidazole rings is 1. The van der Waals surface area contributed by atoms with Gasteiger partial charge in [0.2, 0.25) is 5.95 Å². The Morgan fingerprint density at radius 2 is 2.00 bits per heavy atom. The lowest BCUT2D eigenvalue weighted by atomic mass is 10.2. The molecule has 0 aliphatic heterocycles. The SMILES string of the molecule is Fc1ccc(/C=N\Nc2nc3ccccc3[nH]2)c(F)c1. The van der Waals surface area contributed by atoms with Gasteiger partial charge in [0.1, 0.15) is 11.6 Å². The van der Waals surface area contributed by atoms with Crippen LogP contribution in [-0.2, 0) is 0 Å². The molecule has 1 heterocycles. The summed E-state index contributed by atoms with van der Waals surface area (Å²) < 4.78 is 26.1. The smallest absolute Gasteiger partial charge is 0.222 e. The predicted molar refractivity (Wildman–Crippen MR) is 73.7 cm³/mol. The minimum Gasteiger partial charge on any atom is -0.323 e. The fourth-order valence-electron chi connectivity index (χ4n) is 1.77. The van der Waals surface area contributed by atoms with Crippen molar-refractivity contribution < 1.29 is 8.78 Å².